The standard InChI is InChI=1S/C18H19N3O3/c22-17(9-6-13-4-2-1-3-5-13)21-11-10-15-14(12-21)7-8-16(19-15)18(23)20-24/h1-5,7-8,24H,6,9-12H2,(H,20,23). The Labute approximate surface area is 140 Å². The smallest absolute Gasteiger partial charge is 0.293 e. The Morgan fingerprint density at radius 1 is 1.17 bits per heavy atom. The molecule has 0 spiro atoms. The molecule has 24 heavy (non-hydrogen) atoms. The molecule has 0 fully saturated rings. The topological polar surface area (TPSA) is 82.5 Å². The van der Waals surface area contributed by atoms with Crippen molar-refractivity contribution in [3.8, 4) is 0 Å². The summed E-state index contributed by atoms with van der Waals surface area (Å²) in [7, 11) is 0. The number of hydroxylamine groups is 1. The molecule has 0 aliphatic carbocycles. The molecule has 2 heterocycles. The van der Waals surface area contributed by atoms with Crippen LogP contribution in [0.4, 0.5) is 0 Å². The molecule has 2 aromatic rings. The van der Waals surface area contributed by atoms with Gasteiger partial charge >= 0.3 is 0 Å². The predicted octanol–water partition coefficient (Wildman–Crippen LogP) is 1.72. The van der Waals surface area contributed by atoms with Gasteiger partial charge in [0.05, 0.1) is 0 Å². The summed E-state index contributed by atoms with van der Waals surface area (Å²) in [5.74, 6) is -0.499. The van der Waals surface area contributed by atoms with Gasteiger partial charge < -0.3 is 4.90 Å². The van der Waals surface area contributed by atoms with E-state index in [2.05, 4.69) is 4.98 Å². The molecule has 2 amide bonds. The molecule has 0 atom stereocenters. The van der Waals surface area contributed by atoms with Crippen molar-refractivity contribution in [2.45, 2.75) is 25.8 Å². The Balaban J connectivity index is 1.62. The molecule has 1 aromatic carbocycles. The first-order chi connectivity index (χ1) is 11.7. The van der Waals surface area contributed by atoms with Crippen LogP contribution >= 0.6 is 0 Å². The van der Waals surface area contributed by atoms with Crippen molar-refractivity contribution in [3.63, 3.8) is 0 Å². The molecule has 1 aliphatic rings. The molecule has 0 bridgehead atoms. The Kier molecular flexibility index (Phi) is 4.86. The van der Waals surface area contributed by atoms with Crippen LogP contribution in [0.15, 0.2) is 42.5 Å². The summed E-state index contributed by atoms with van der Waals surface area (Å²) >= 11 is 0. The highest BCUT2D eigenvalue weighted by molar-refractivity contribution is 5.91. The van der Waals surface area contributed by atoms with Crippen molar-refractivity contribution in [1.82, 2.24) is 15.4 Å². The average Bonchev–Trinajstić information content (AvgIpc) is 2.65. The van der Waals surface area contributed by atoms with Crippen LogP contribution in [0.5, 0.6) is 0 Å². The summed E-state index contributed by atoms with van der Waals surface area (Å²) in [5.41, 5.74) is 4.68. The van der Waals surface area contributed by atoms with Gasteiger partial charge in [0.15, 0.2) is 0 Å². The molecular weight excluding hydrogens is 306 g/mol. The van der Waals surface area contributed by atoms with Crippen LogP contribution in [0.25, 0.3) is 0 Å². The summed E-state index contributed by atoms with van der Waals surface area (Å²) < 4.78 is 0. The first-order valence-electron chi connectivity index (χ1n) is 7.92. The van der Waals surface area contributed by atoms with Crippen molar-refractivity contribution in [1.29, 1.82) is 0 Å². The fourth-order valence-corrected chi connectivity index (χ4v) is 2.87. The molecule has 6 nitrogen and oxygen atoms in total. The second-order valence-corrected chi connectivity index (χ2v) is 5.79. The molecule has 2 N–H and O–H groups in total. The van der Waals surface area contributed by atoms with E-state index in [4.69, 9.17) is 5.21 Å². The number of nitrogens with one attached hydrogen (secondary N) is 1. The van der Waals surface area contributed by atoms with Crippen LogP contribution in [0.2, 0.25) is 0 Å². The molecule has 6 heteroatoms. The average molecular weight is 325 g/mol. The fraction of sp³-hybridized carbons (Fsp3) is 0.278. The van der Waals surface area contributed by atoms with Crippen LogP contribution in [-0.4, -0.2) is 33.5 Å². The second-order valence-electron chi connectivity index (χ2n) is 5.79. The number of aryl methyl sites for hydroxylation is 1. The van der Waals surface area contributed by atoms with E-state index >= 15 is 0 Å². The number of carbonyl (C=O) groups is 2. The number of hydrogen-bond acceptors (Lipinski definition) is 4. The zero-order valence-corrected chi connectivity index (χ0v) is 13.2. The summed E-state index contributed by atoms with van der Waals surface area (Å²) in [4.78, 5) is 29.9. The van der Waals surface area contributed by atoms with Crippen LogP contribution < -0.4 is 5.48 Å². The van der Waals surface area contributed by atoms with E-state index < -0.39 is 5.91 Å². The van der Waals surface area contributed by atoms with Gasteiger partial charge in [-0.1, -0.05) is 36.4 Å². The third-order valence-corrected chi connectivity index (χ3v) is 4.21. The molecule has 0 radical (unpaired) electrons. The molecule has 124 valence electrons. The minimum Gasteiger partial charge on any atom is -0.338 e. The van der Waals surface area contributed by atoms with Gasteiger partial charge in [-0.05, 0) is 23.6 Å². The summed E-state index contributed by atoms with van der Waals surface area (Å²) in [6, 6.07) is 13.3. The van der Waals surface area contributed by atoms with Crippen molar-refractivity contribution >= 4 is 11.8 Å². The van der Waals surface area contributed by atoms with Crippen molar-refractivity contribution < 1.29 is 14.8 Å². The maximum absolute atomic E-state index is 12.4. The number of hydrogen-bond donors (Lipinski definition) is 2. The first-order valence-corrected chi connectivity index (χ1v) is 7.92. The molecule has 1 aliphatic heterocycles. The van der Waals surface area contributed by atoms with Crippen LogP contribution in [0.1, 0.15) is 33.7 Å². The number of aromatic nitrogens is 1. The van der Waals surface area contributed by atoms with E-state index in [-0.39, 0.29) is 11.6 Å². The zero-order valence-electron chi connectivity index (χ0n) is 13.2. The van der Waals surface area contributed by atoms with E-state index in [0.29, 0.717) is 25.9 Å². The molecule has 0 saturated heterocycles. The highest BCUT2D eigenvalue weighted by atomic mass is 16.5. The van der Waals surface area contributed by atoms with Gasteiger partial charge in [-0.2, -0.15) is 0 Å². The molecule has 1 aromatic heterocycles. The van der Waals surface area contributed by atoms with E-state index in [9.17, 15) is 9.59 Å². The highest BCUT2D eigenvalue weighted by Gasteiger charge is 2.22. The fourth-order valence-electron chi connectivity index (χ4n) is 2.87. The van der Waals surface area contributed by atoms with Gasteiger partial charge in [-0.15, -0.1) is 0 Å². The lowest BCUT2D eigenvalue weighted by molar-refractivity contribution is -0.132. The monoisotopic (exact) mass is 325 g/mol. The lowest BCUT2D eigenvalue weighted by Crippen LogP contribution is -2.36. The van der Waals surface area contributed by atoms with Crippen molar-refractivity contribution in [2.75, 3.05) is 6.54 Å². The molecular formula is C18H19N3O3. The van der Waals surface area contributed by atoms with E-state index in [0.717, 1.165) is 23.2 Å². The minimum absolute atomic E-state index is 0.127. The van der Waals surface area contributed by atoms with Crippen molar-refractivity contribution in [2.24, 2.45) is 0 Å². The van der Waals surface area contributed by atoms with E-state index in [1.54, 1.807) is 17.6 Å². The minimum atomic E-state index is -0.626. The molecule has 0 saturated carbocycles. The third kappa shape index (κ3) is 3.60. The summed E-state index contributed by atoms with van der Waals surface area (Å²) in [6.45, 7) is 1.11. The first kappa shape index (κ1) is 16.1. The number of rotatable bonds is 4. The Hall–Kier alpha value is -2.73. The number of fused-ring (bicyclic) bond motifs is 1. The van der Waals surface area contributed by atoms with Gasteiger partial charge in [0.2, 0.25) is 5.91 Å². The lowest BCUT2D eigenvalue weighted by Gasteiger charge is -2.28. The number of benzene rings is 1. The number of carbonyl (C=O) groups excluding carboxylic acids is 2. The highest BCUT2D eigenvalue weighted by Crippen LogP contribution is 2.19. The van der Waals surface area contributed by atoms with E-state index in [1.807, 2.05) is 35.2 Å². The molecule has 3 rings (SSSR count). The quantitative estimate of drug-likeness (QED) is 0.662. The zero-order chi connectivity index (χ0) is 16.9. The normalized spacial score (nSPS) is 13.3. The number of pyridine rings is 1. The maximum Gasteiger partial charge on any atom is 0.293 e. The van der Waals surface area contributed by atoms with E-state index in [1.165, 1.54) is 0 Å². The van der Waals surface area contributed by atoms with Gasteiger partial charge in [-0.3, -0.25) is 14.8 Å². The van der Waals surface area contributed by atoms with Crippen LogP contribution in [0, 0.1) is 0 Å². The Bertz CT molecular complexity index is 746. The Morgan fingerprint density at radius 3 is 2.71 bits per heavy atom. The predicted molar refractivity (Wildman–Crippen MR) is 87.4 cm³/mol. The van der Waals surface area contributed by atoms with Gasteiger partial charge in [0.25, 0.3) is 5.91 Å². The van der Waals surface area contributed by atoms with Gasteiger partial charge in [-0.25, -0.2) is 10.5 Å². The van der Waals surface area contributed by atoms with Gasteiger partial charge in [0.1, 0.15) is 5.69 Å². The lowest BCUT2D eigenvalue weighted by atomic mass is 10.0. The second kappa shape index (κ2) is 7.23. The number of amides is 2. The van der Waals surface area contributed by atoms with Crippen molar-refractivity contribution in [3.05, 3.63) is 65.0 Å². The number of nitrogens with zero attached hydrogens (tertiary/aromatic N) is 2. The largest absolute Gasteiger partial charge is 0.338 e. The van der Waals surface area contributed by atoms with Crippen LogP contribution in [-0.2, 0) is 24.2 Å². The SMILES string of the molecule is O=C(NO)c1ccc2c(n1)CCN(C(=O)CCc1ccccc1)C2. The van der Waals surface area contributed by atoms with Gasteiger partial charge in [0, 0.05) is 31.6 Å². The third-order valence-electron chi connectivity index (χ3n) is 4.21. The summed E-state index contributed by atoms with van der Waals surface area (Å²) in [6.07, 6.45) is 1.83. The Morgan fingerprint density at radius 2 is 1.96 bits per heavy atom. The summed E-state index contributed by atoms with van der Waals surface area (Å²) in [5, 5.41) is 8.67. The molecule has 0 unspecified atom stereocenters. The van der Waals surface area contributed by atoms with Crippen LogP contribution in [0.3, 0.4) is 0 Å². The maximum atomic E-state index is 12.4.